The highest BCUT2D eigenvalue weighted by atomic mass is 16.3. The number of aliphatic imine (C=N–C) groups is 2. The average molecular weight is 874 g/mol. The van der Waals surface area contributed by atoms with Crippen LogP contribution in [-0.4, -0.2) is 21.2 Å². The quantitative estimate of drug-likeness (QED) is 0.116. The molecule has 0 fully saturated rings. The lowest BCUT2D eigenvalue weighted by Crippen LogP contribution is -2.18. The van der Waals surface area contributed by atoms with Gasteiger partial charge in [-0.2, -0.15) is 0 Å². The van der Waals surface area contributed by atoms with Gasteiger partial charge in [0, 0.05) is 55.7 Å². The van der Waals surface area contributed by atoms with Gasteiger partial charge in [0.15, 0.2) is 5.84 Å². The molecule has 68 heavy (non-hydrogen) atoms. The first-order valence-corrected chi connectivity index (χ1v) is 22.8. The number of fused-ring (bicyclic) bond motifs is 7. The van der Waals surface area contributed by atoms with Gasteiger partial charge >= 0.3 is 0 Å². The van der Waals surface area contributed by atoms with E-state index < -0.39 is 0 Å². The van der Waals surface area contributed by atoms with Gasteiger partial charge < -0.3 is 14.7 Å². The molecule has 0 saturated heterocycles. The number of hydrogen-bond acceptors (Lipinski definition) is 3. The molecule has 0 aliphatic rings. The third-order valence-corrected chi connectivity index (χ3v) is 12.8. The second kappa shape index (κ2) is 17.3. The first-order chi connectivity index (χ1) is 33.7. The molecule has 12 aromatic rings. The average Bonchev–Trinajstić information content (AvgIpc) is 3.96. The van der Waals surface area contributed by atoms with Crippen LogP contribution in [0.4, 0.5) is 0 Å². The predicted octanol–water partition coefficient (Wildman–Crippen LogP) is 15.1. The number of pyridine rings is 1. The maximum atomic E-state index is 7.33. The number of nitrogens with zero attached hydrogens (tertiary/aromatic N) is 4. The number of aromatic nitrogens is 2. The van der Waals surface area contributed by atoms with Crippen LogP contribution in [0.25, 0.3) is 94.1 Å². The summed E-state index contributed by atoms with van der Waals surface area (Å²) < 4.78 is 9.12. The van der Waals surface area contributed by atoms with Crippen LogP contribution in [0.2, 0.25) is 0 Å². The molecule has 2 N–H and O–H groups in total. The molecule has 322 valence electrons. The lowest BCUT2D eigenvalue weighted by Gasteiger charge is -2.18. The third kappa shape index (κ3) is 7.31. The fourth-order valence-corrected chi connectivity index (χ4v) is 9.64. The van der Waals surface area contributed by atoms with Gasteiger partial charge in [0.1, 0.15) is 17.0 Å². The summed E-state index contributed by atoms with van der Waals surface area (Å²) >= 11 is 0. The van der Waals surface area contributed by atoms with Gasteiger partial charge in [0.25, 0.3) is 0 Å². The standard InChI is InChI=1S/C62H43N5O/c63-61(66-62(44-25-12-4-13-26-44)65-39-41-19-6-1-7-20-41)52-37-46(57-48(42-21-8-2-9-22-42)30-18-31-49(57)43-23-10-3-11-24-43)40-64-60(52)45-33-34-51-56(38-45)68-55-36-35-54-58(59(51)55)50-29-16-17-32-53(50)67(54)47-27-14-5-15-28-47/h1-38,40H,39H2,(H2,63,65,66). The number of hydrogen-bond donors (Lipinski definition) is 1. The van der Waals surface area contributed by atoms with Crippen molar-refractivity contribution < 1.29 is 4.42 Å². The van der Waals surface area contributed by atoms with Crippen molar-refractivity contribution in [1.82, 2.24) is 9.55 Å². The normalized spacial score (nSPS) is 12.1. The van der Waals surface area contributed by atoms with E-state index in [-0.39, 0.29) is 0 Å². The molecule has 3 heterocycles. The van der Waals surface area contributed by atoms with E-state index in [1.54, 1.807) is 0 Å². The SMILES string of the molecule is NC(=NC(=NCc1ccccc1)c1ccccc1)c1cc(-c2c(-c3ccccc3)cccc2-c2ccccc2)cnc1-c1ccc2c(c1)oc1ccc3c(c4ccccc4n3-c3ccccc3)c12. The summed E-state index contributed by atoms with van der Waals surface area (Å²) in [6.07, 6.45) is 1.97. The smallest absolute Gasteiger partial charge is 0.157 e. The first kappa shape index (κ1) is 40.4. The highest BCUT2D eigenvalue weighted by molar-refractivity contribution is 6.27. The van der Waals surface area contributed by atoms with Gasteiger partial charge in [-0.15, -0.1) is 0 Å². The van der Waals surface area contributed by atoms with E-state index in [1.807, 2.05) is 66.9 Å². The van der Waals surface area contributed by atoms with E-state index >= 15 is 0 Å². The molecule has 0 unspecified atom stereocenters. The van der Waals surface area contributed by atoms with Crippen molar-refractivity contribution in [2.75, 3.05) is 0 Å². The molecule has 6 heteroatoms. The summed E-state index contributed by atoms with van der Waals surface area (Å²) in [5.41, 5.74) is 22.7. The van der Waals surface area contributed by atoms with Crippen LogP contribution in [-0.2, 0) is 6.54 Å². The van der Waals surface area contributed by atoms with Crippen molar-refractivity contribution >= 4 is 55.4 Å². The molecular weight excluding hydrogens is 831 g/mol. The molecule has 9 aromatic carbocycles. The van der Waals surface area contributed by atoms with Gasteiger partial charge in [-0.3, -0.25) is 9.98 Å². The van der Waals surface area contributed by atoms with Gasteiger partial charge in [-0.1, -0.05) is 182 Å². The summed E-state index contributed by atoms with van der Waals surface area (Å²) in [5, 5.41) is 4.42. The molecule has 0 saturated carbocycles. The first-order valence-electron chi connectivity index (χ1n) is 22.8. The largest absolute Gasteiger partial charge is 0.456 e. The minimum Gasteiger partial charge on any atom is -0.456 e. The van der Waals surface area contributed by atoms with Crippen molar-refractivity contribution in [3.8, 4) is 50.3 Å². The molecule has 0 radical (unpaired) electrons. The topological polar surface area (TPSA) is 81.7 Å². The van der Waals surface area contributed by atoms with Crippen molar-refractivity contribution in [1.29, 1.82) is 0 Å². The zero-order chi connectivity index (χ0) is 45.4. The Morgan fingerprint density at radius 3 is 1.84 bits per heavy atom. The Kier molecular flexibility index (Phi) is 10.3. The highest BCUT2D eigenvalue weighted by Crippen LogP contribution is 2.44. The fraction of sp³-hybridized carbons (Fsp3) is 0.0161. The predicted molar refractivity (Wildman–Crippen MR) is 281 cm³/mol. The molecular formula is C62H43N5O. The molecule has 0 spiro atoms. The van der Waals surface area contributed by atoms with Gasteiger partial charge in [0.05, 0.1) is 23.3 Å². The fourth-order valence-electron chi connectivity index (χ4n) is 9.64. The van der Waals surface area contributed by atoms with Crippen LogP contribution in [0.5, 0.6) is 0 Å². The number of para-hydroxylation sites is 2. The van der Waals surface area contributed by atoms with E-state index in [4.69, 9.17) is 25.1 Å². The lowest BCUT2D eigenvalue weighted by molar-refractivity contribution is 0.669. The summed E-state index contributed by atoms with van der Waals surface area (Å²) in [4.78, 5) is 15.6. The second-order valence-electron chi connectivity index (χ2n) is 16.9. The Balaban J connectivity index is 1.07. The Bertz CT molecular complexity index is 3800. The van der Waals surface area contributed by atoms with E-state index in [2.05, 4.69) is 174 Å². The second-order valence-corrected chi connectivity index (χ2v) is 16.9. The maximum Gasteiger partial charge on any atom is 0.157 e. The molecule has 0 atom stereocenters. The van der Waals surface area contributed by atoms with Gasteiger partial charge in [-0.25, -0.2) is 4.99 Å². The van der Waals surface area contributed by atoms with Crippen molar-refractivity contribution in [2.45, 2.75) is 6.54 Å². The number of amidine groups is 2. The Morgan fingerprint density at radius 2 is 1.13 bits per heavy atom. The van der Waals surface area contributed by atoms with Crippen molar-refractivity contribution in [2.24, 2.45) is 15.7 Å². The van der Waals surface area contributed by atoms with Crippen LogP contribution < -0.4 is 5.73 Å². The summed E-state index contributed by atoms with van der Waals surface area (Å²) in [5.74, 6) is 0.827. The van der Waals surface area contributed by atoms with Crippen LogP contribution in [0, 0.1) is 0 Å². The zero-order valence-corrected chi connectivity index (χ0v) is 37.0. The summed E-state index contributed by atoms with van der Waals surface area (Å²) in [6.45, 7) is 0.442. The van der Waals surface area contributed by atoms with Crippen LogP contribution in [0.1, 0.15) is 16.7 Å². The number of benzene rings is 9. The summed E-state index contributed by atoms with van der Waals surface area (Å²) in [6, 6.07) is 79.6. The highest BCUT2D eigenvalue weighted by Gasteiger charge is 2.22. The molecule has 3 aromatic heterocycles. The molecule has 0 bridgehead atoms. The van der Waals surface area contributed by atoms with E-state index in [0.29, 0.717) is 29.5 Å². The Hall–Kier alpha value is -9.13. The number of nitrogens with two attached hydrogens (primary N) is 1. The van der Waals surface area contributed by atoms with Crippen LogP contribution >= 0.6 is 0 Å². The zero-order valence-electron chi connectivity index (χ0n) is 37.0. The van der Waals surface area contributed by atoms with Crippen molar-refractivity contribution in [3.63, 3.8) is 0 Å². The van der Waals surface area contributed by atoms with E-state index in [0.717, 1.165) is 94.1 Å². The molecule has 6 nitrogen and oxygen atoms in total. The minimum atomic E-state index is 0.295. The van der Waals surface area contributed by atoms with Crippen LogP contribution in [0.15, 0.2) is 251 Å². The van der Waals surface area contributed by atoms with E-state index in [1.165, 1.54) is 5.39 Å². The summed E-state index contributed by atoms with van der Waals surface area (Å²) in [7, 11) is 0. The maximum absolute atomic E-state index is 7.33. The van der Waals surface area contributed by atoms with E-state index in [9.17, 15) is 0 Å². The molecule has 0 aliphatic carbocycles. The monoisotopic (exact) mass is 873 g/mol. The Labute approximate surface area is 393 Å². The molecule has 12 rings (SSSR count). The van der Waals surface area contributed by atoms with Gasteiger partial charge in [0.2, 0.25) is 0 Å². The Morgan fingerprint density at radius 1 is 0.500 bits per heavy atom. The van der Waals surface area contributed by atoms with Gasteiger partial charge in [-0.05, 0) is 81.9 Å². The van der Waals surface area contributed by atoms with Crippen LogP contribution in [0.3, 0.4) is 0 Å². The minimum absolute atomic E-state index is 0.295. The molecule has 0 aliphatic heterocycles. The van der Waals surface area contributed by atoms with Crippen molar-refractivity contribution in [3.05, 3.63) is 253 Å². The number of rotatable bonds is 9. The lowest BCUT2D eigenvalue weighted by atomic mass is 9.87. The molecule has 0 amide bonds. The number of furan rings is 1. The third-order valence-electron chi connectivity index (χ3n) is 12.8.